The second-order valence-electron chi connectivity index (χ2n) is 4.85. The highest BCUT2D eigenvalue weighted by Crippen LogP contribution is 2.32. The summed E-state index contributed by atoms with van der Waals surface area (Å²) in [6.07, 6.45) is 3.39. The molecule has 3 nitrogen and oxygen atoms in total. The van der Waals surface area contributed by atoms with E-state index in [9.17, 15) is 5.11 Å². The molecule has 0 radical (unpaired) electrons. The molecule has 0 saturated heterocycles. The minimum Gasteiger partial charge on any atom is -0.388 e. The van der Waals surface area contributed by atoms with Gasteiger partial charge in [0.2, 0.25) is 0 Å². The van der Waals surface area contributed by atoms with E-state index in [1.807, 2.05) is 19.1 Å². The third kappa shape index (κ3) is 3.02. The topological polar surface area (TPSA) is 47.3 Å². The SMILES string of the molecule is CC[C@@H](O)c1ccc(N(CCC#N)C2CC2)cc1. The van der Waals surface area contributed by atoms with Gasteiger partial charge in [-0.2, -0.15) is 5.26 Å². The van der Waals surface area contributed by atoms with Crippen LogP contribution in [0.15, 0.2) is 24.3 Å². The monoisotopic (exact) mass is 244 g/mol. The molecule has 1 aromatic rings. The first-order chi connectivity index (χ1) is 8.76. The second kappa shape index (κ2) is 5.88. The lowest BCUT2D eigenvalue weighted by Crippen LogP contribution is -2.26. The first kappa shape index (κ1) is 12.9. The van der Waals surface area contributed by atoms with Gasteiger partial charge in [0.15, 0.2) is 0 Å². The Morgan fingerprint density at radius 2 is 2.06 bits per heavy atom. The molecule has 0 aliphatic heterocycles. The predicted molar refractivity (Wildman–Crippen MR) is 72.3 cm³/mol. The molecule has 0 amide bonds. The second-order valence-corrected chi connectivity index (χ2v) is 4.85. The quantitative estimate of drug-likeness (QED) is 0.836. The van der Waals surface area contributed by atoms with Crippen LogP contribution >= 0.6 is 0 Å². The first-order valence-corrected chi connectivity index (χ1v) is 6.68. The zero-order valence-electron chi connectivity index (χ0n) is 10.8. The molecule has 3 heteroatoms. The van der Waals surface area contributed by atoms with Crippen molar-refractivity contribution >= 4 is 5.69 Å². The molecule has 1 saturated carbocycles. The van der Waals surface area contributed by atoms with Crippen LogP contribution in [0, 0.1) is 11.3 Å². The van der Waals surface area contributed by atoms with Crippen LogP contribution < -0.4 is 4.90 Å². The highest BCUT2D eigenvalue weighted by atomic mass is 16.3. The molecule has 18 heavy (non-hydrogen) atoms. The van der Waals surface area contributed by atoms with Crippen molar-refractivity contribution in [1.82, 2.24) is 0 Å². The van der Waals surface area contributed by atoms with Gasteiger partial charge >= 0.3 is 0 Å². The van der Waals surface area contributed by atoms with E-state index < -0.39 is 0 Å². The minimum absolute atomic E-state index is 0.368. The average Bonchev–Trinajstić information content (AvgIpc) is 3.24. The molecule has 0 heterocycles. The summed E-state index contributed by atoms with van der Waals surface area (Å²) in [5.41, 5.74) is 2.14. The molecular weight excluding hydrogens is 224 g/mol. The van der Waals surface area contributed by atoms with Gasteiger partial charge in [-0.15, -0.1) is 0 Å². The number of benzene rings is 1. The molecule has 0 spiro atoms. The van der Waals surface area contributed by atoms with Crippen molar-refractivity contribution in [2.45, 2.75) is 44.8 Å². The van der Waals surface area contributed by atoms with Crippen LogP contribution in [0.2, 0.25) is 0 Å². The van der Waals surface area contributed by atoms with Crippen molar-refractivity contribution in [2.24, 2.45) is 0 Å². The Morgan fingerprint density at radius 1 is 1.39 bits per heavy atom. The van der Waals surface area contributed by atoms with Gasteiger partial charge < -0.3 is 10.0 Å². The third-order valence-corrected chi connectivity index (χ3v) is 3.45. The van der Waals surface area contributed by atoms with Gasteiger partial charge in [0, 0.05) is 18.3 Å². The van der Waals surface area contributed by atoms with Crippen molar-refractivity contribution in [1.29, 1.82) is 5.26 Å². The van der Waals surface area contributed by atoms with E-state index in [0.717, 1.165) is 18.5 Å². The summed E-state index contributed by atoms with van der Waals surface area (Å²) >= 11 is 0. The zero-order chi connectivity index (χ0) is 13.0. The lowest BCUT2D eigenvalue weighted by molar-refractivity contribution is 0.173. The van der Waals surface area contributed by atoms with Crippen LogP contribution in [0.3, 0.4) is 0 Å². The number of hydrogen-bond donors (Lipinski definition) is 1. The van der Waals surface area contributed by atoms with Crippen molar-refractivity contribution < 1.29 is 5.11 Å². The lowest BCUT2D eigenvalue weighted by atomic mass is 10.1. The molecular formula is C15H20N2O. The third-order valence-electron chi connectivity index (χ3n) is 3.45. The number of hydrogen-bond acceptors (Lipinski definition) is 3. The molecule has 1 fully saturated rings. The fourth-order valence-corrected chi connectivity index (χ4v) is 2.20. The van der Waals surface area contributed by atoms with E-state index in [1.165, 1.54) is 18.5 Å². The summed E-state index contributed by atoms with van der Waals surface area (Å²) in [6, 6.07) is 10.9. The Balaban J connectivity index is 2.08. The average molecular weight is 244 g/mol. The molecule has 0 bridgehead atoms. The molecule has 1 aliphatic carbocycles. The summed E-state index contributed by atoms with van der Waals surface area (Å²) in [5, 5.41) is 18.5. The molecule has 0 unspecified atom stereocenters. The zero-order valence-corrected chi connectivity index (χ0v) is 10.8. The summed E-state index contributed by atoms with van der Waals surface area (Å²) in [5.74, 6) is 0. The Labute approximate surface area is 109 Å². The van der Waals surface area contributed by atoms with Crippen LogP contribution in [0.5, 0.6) is 0 Å². The molecule has 1 atom stereocenters. The van der Waals surface area contributed by atoms with Gasteiger partial charge in [-0.05, 0) is 37.0 Å². The molecule has 96 valence electrons. The normalized spacial score (nSPS) is 16.1. The van der Waals surface area contributed by atoms with E-state index in [4.69, 9.17) is 5.26 Å². The van der Waals surface area contributed by atoms with Crippen molar-refractivity contribution in [2.75, 3.05) is 11.4 Å². The Morgan fingerprint density at radius 3 is 2.56 bits per heavy atom. The highest BCUT2D eigenvalue weighted by molar-refractivity contribution is 5.50. The van der Waals surface area contributed by atoms with Gasteiger partial charge in [-0.3, -0.25) is 0 Å². The van der Waals surface area contributed by atoms with Crippen molar-refractivity contribution in [3.63, 3.8) is 0 Å². The number of nitrogens with zero attached hydrogens (tertiary/aromatic N) is 2. The van der Waals surface area contributed by atoms with Crippen LogP contribution in [0.1, 0.15) is 44.3 Å². The molecule has 1 aromatic carbocycles. The number of aliphatic hydroxyl groups is 1. The van der Waals surface area contributed by atoms with Gasteiger partial charge in [0.05, 0.1) is 18.6 Å². The van der Waals surface area contributed by atoms with Crippen molar-refractivity contribution in [3.8, 4) is 6.07 Å². The van der Waals surface area contributed by atoms with Gasteiger partial charge in [0.1, 0.15) is 0 Å². The highest BCUT2D eigenvalue weighted by Gasteiger charge is 2.28. The summed E-state index contributed by atoms with van der Waals surface area (Å²) in [4.78, 5) is 2.31. The summed E-state index contributed by atoms with van der Waals surface area (Å²) in [6.45, 7) is 2.78. The maximum atomic E-state index is 9.77. The largest absolute Gasteiger partial charge is 0.388 e. The van der Waals surface area contributed by atoms with Crippen molar-refractivity contribution in [3.05, 3.63) is 29.8 Å². The van der Waals surface area contributed by atoms with Crippen LogP contribution in [0.25, 0.3) is 0 Å². The van der Waals surface area contributed by atoms with Crippen LogP contribution in [-0.4, -0.2) is 17.7 Å². The molecule has 1 aliphatic rings. The van der Waals surface area contributed by atoms with E-state index in [2.05, 4.69) is 23.1 Å². The lowest BCUT2D eigenvalue weighted by Gasteiger charge is -2.24. The Hall–Kier alpha value is -1.53. The first-order valence-electron chi connectivity index (χ1n) is 6.68. The fourth-order valence-electron chi connectivity index (χ4n) is 2.20. The molecule has 2 rings (SSSR count). The van der Waals surface area contributed by atoms with E-state index in [0.29, 0.717) is 12.5 Å². The molecule has 1 N–H and O–H groups in total. The fraction of sp³-hybridized carbons (Fsp3) is 0.533. The smallest absolute Gasteiger partial charge is 0.0787 e. The van der Waals surface area contributed by atoms with Crippen LogP contribution in [-0.2, 0) is 0 Å². The maximum Gasteiger partial charge on any atom is 0.0787 e. The number of aliphatic hydroxyl groups excluding tert-OH is 1. The minimum atomic E-state index is -0.368. The van der Waals surface area contributed by atoms with Crippen LogP contribution in [0.4, 0.5) is 5.69 Å². The van der Waals surface area contributed by atoms with E-state index >= 15 is 0 Å². The van der Waals surface area contributed by atoms with Gasteiger partial charge in [-0.1, -0.05) is 19.1 Å². The number of nitriles is 1. The maximum absolute atomic E-state index is 9.77. The Kier molecular flexibility index (Phi) is 4.22. The van der Waals surface area contributed by atoms with E-state index in [1.54, 1.807) is 0 Å². The standard InChI is InChI=1S/C15H20N2O/c1-2-15(18)12-4-6-13(7-5-12)17(11-3-10-16)14-8-9-14/h4-7,14-15,18H,2-3,8-9,11H2,1H3/t15-/m1/s1. The number of rotatable bonds is 6. The van der Waals surface area contributed by atoms with Gasteiger partial charge in [-0.25, -0.2) is 0 Å². The van der Waals surface area contributed by atoms with Gasteiger partial charge in [0.25, 0.3) is 0 Å². The van der Waals surface area contributed by atoms with E-state index in [-0.39, 0.29) is 6.10 Å². The summed E-state index contributed by atoms with van der Waals surface area (Å²) in [7, 11) is 0. The molecule has 0 aromatic heterocycles. The Bertz CT molecular complexity index is 417. The number of anilines is 1. The predicted octanol–water partition coefficient (Wildman–Crippen LogP) is 3.01. The summed E-state index contributed by atoms with van der Waals surface area (Å²) < 4.78 is 0.